The fourth-order valence-electron chi connectivity index (χ4n) is 4.41. The second kappa shape index (κ2) is 12.5. The van der Waals surface area contributed by atoms with Crippen LogP contribution in [0.1, 0.15) is 22.9 Å². The van der Waals surface area contributed by atoms with Crippen molar-refractivity contribution in [3.8, 4) is 0 Å². The minimum absolute atomic E-state index is 0. The van der Waals surface area contributed by atoms with Crippen molar-refractivity contribution in [2.45, 2.75) is 19.5 Å². The molecule has 1 N–H and O–H groups in total. The van der Waals surface area contributed by atoms with E-state index >= 15 is 0 Å². The van der Waals surface area contributed by atoms with Crippen LogP contribution in [-0.2, 0) is 11.3 Å². The lowest BCUT2D eigenvalue weighted by atomic mass is 10.0. The number of hydrogen-bond acceptors (Lipinski definition) is 6. The molecular weight excluding hydrogens is 519 g/mol. The standard InChI is InChI=1S/C23H34N6O2.HI/c1-19-4-3-5-20(16-19)22(28-11-14-30-15-12-28)17-25-23(24-2)29-9-7-27(8-10-29)18-21-6-13-31-26-21;/h3-6,13,16,22H,7-12,14-15,17-18H2,1-2H3,(H,24,25);1H. The van der Waals surface area contributed by atoms with Crippen molar-refractivity contribution in [1.29, 1.82) is 0 Å². The molecule has 0 amide bonds. The minimum Gasteiger partial charge on any atom is -0.379 e. The molecule has 4 rings (SSSR count). The first-order chi connectivity index (χ1) is 15.2. The number of aromatic nitrogens is 1. The van der Waals surface area contributed by atoms with E-state index < -0.39 is 0 Å². The van der Waals surface area contributed by atoms with Crippen molar-refractivity contribution in [1.82, 2.24) is 25.2 Å². The van der Waals surface area contributed by atoms with Crippen LogP contribution in [0.15, 0.2) is 46.1 Å². The van der Waals surface area contributed by atoms with E-state index in [4.69, 9.17) is 9.26 Å². The van der Waals surface area contributed by atoms with Gasteiger partial charge in [0.1, 0.15) is 6.26 Å². The maximum Gasteiger partial charge on any atom is 0.193 e. The largest absolute Gasteiger partial charge is 0.379 e. The third-order valence-electron chi connectivity index (χ3n) is 6.13. The van der Waals surface area contributed by atoms with Crippen LogP contribution >= 0.6 is 24.0 Å². The predicted octanol–water partition coefficient (Wildman–Crippen LogP) is 2.37. The zero-order valence-corrected chi connectivity index (χ0v) is 21.4. The van der Waals surface area contributed by atoms with Crippen LogP contribution in [0.3, 0.4) is 0 Å². The molecule has 32 heavy (non-hydrogen) atoms. The van der Waals surface area contributed by atoms with Gasteiger partial charge in [0.25, 0.3) is 0 Å². The number of halogens is 1. The number of hydrogen-bond donors (Lipinski definition) is 1. The Morgan fingerprint density at radius 3 is 2.56 bits per heavy atom. The number of aryl methyl sites for hydroxylation is 1. The van der Waals surface area contributed by atoms with Gasteiger partial charge in [-0.05, 0) is 12.5 Å². The maximum absolute atomic E-state index is 5.59. The average molecular weight is 554 g/mol. The van der Waals surface area contributed by atoms with Crippen LogP contribution in [0.2, 0.25) is 0 Å². The molecule has 3 heterocycles. The molecule has 0 radical (unpaired) electrons. The Kier molecular flexibility index (Phi) is 9.76. The van der Waals surface area contributed by atoms with Crippen molar-refractivity contribution in [2.75, 3.05) is 66.1 Å². The van der Waals surface area contributed by atoms with E-state index in [0.29, 0.717) is 6.04 Å². The molecule has 2 saturated heterocycles. The molecule has 9 heteroatoms. The number of rotatable bonds is 6. The van der Waals surface area contributed by atoms with Gasteiger partial charge in [-0.25, -0.2) is 0 Å². The van der Waals surface area contributed by atoms with Crippen molar-refractivity contribution in [3.05, 3.63) is 53.4 Å². The highest BCUT2D eigenvalue weighted by Crippen LogP contribution is 2.22. The lowest BCUT2D eigenvalue weighted by molar-refractivity contribution is 0.0168. The van der Waals surface area contributed by atoms with Crippen molar-refractivity contribution >= 4 is 29.9 Å². The zero-order chi connectivity index (χ0) is 21.5. The van der Waals surface area contributed by atoms with Crippen LogP contribution in [0, 0.1) is 6.92 Å². The Bertz CT molecular complexity index is 833. The normalized spacial score (nSPS) is 19.4. The Hall–Kier alpha value is -1.69. The Morgan fingerprint density at radius 1 is 1.12 bits per heavy atom. The molecule has 1 atom stereocenters. The van der Waals surface area contributed by atoms with Crippen LogP contribution < -0.4 is 5.32 Å². The van der Waals surface area contributed by atoms with Gasteiger partial charge in [0.05, 0.1) is 24.9 Å². The van der Waals surface area contributed by atoms with E-state index in [1.165, 1.54) is 11.1 Å². The number of piperazine rings is 1. The molecule has 0 saturated carbocycles. The van der Waals surface area contributed by atoms with E-state index in [2.05, 4.69) is 61.4 Å². The second-order valence-electron chi connectivity index (χ2n) is 8.26. The molecule has 0 bridgehead atoms. The number of ether oxygens (including phenoxy) is 1. The van der Waals surface area contributed by atoms with E-state index in [1.807, 2.05) is 13.1 Å². The molecule has 2 fully saturated rings. The summed E-state index contributed by atoms with van der Waals surface area (Å²) >= 11 is 0. The van der Waals surface area contributed by atoms with Crippen LogP contribution in [0.4, 0.5) is 0 Å². The summed E-state index contributed by atoms with van der Waals surface area (Å²) in [5.74, 6) is 0.979. The first kappa shape index (κ1) is 24.9. The van der Waals surface area contributed by atoms with Gasteiger partial charge in [0.15, 0.2) is 5.96 Å². The van der Waals surface area contributed by atoms with E-state index in [1.54, 1.807) is 6.26 Å². The smallest absolute Gasteiger partial charge is 0.193 e. The topological polar surface area (TPSA) is 69.4 Å². The first-order valence-corrected chi connectivity index (χ1v) is 11.2. The lowest BCUT2D eigenvalue weighted by Crippen LogP contribution is -2.53. The van der Waals surface area contributed by atoms with E-state index in [9.17, 15) is 0 Å². The third kappa shape index (κ3) is 6.66. The molecule has 0 spiro atoms. The molecule has 1 unspecified atom stereocenters. The van der Waals surface area contributed by atoms with Crippen LogP contribution in [0.5, 0.6) is 0 Å². The number of guanidine groups is 1. The highest BCUT2D eigenvalue weighted by molar-refractivity contribution is 14.0. The van der Waals surface area contributed by atoms with E-state index in [0.717, 1.165) is 77.2 Å². The fraction of sp³-hybridized carbons (Fsp3) is 0.565. The van der Waals surface area contributed by atoms with Gasteiger partial charge >= 0.3 is 0 Å². The van der Waals surface area contributed by atoms with Crippen molar-refractivity contribution in [2.24, 2.45) is 4.99 Å². The summed E-state index contributed by atoms with van der Waals surface area (Å²) in [5.41, 5.74) is 3.63. The van der Waals surface area contributed by atoms with Crippen LogP contribution in [-0.4, -0.2) is 91.9 Å². The van der Waals surface area contributed by atoms with Crippen LogP contribution in [0.25, 0.3) is 0 Å². The molecule has 0 aliphatic carbocycles. The van der Waals surface area contributed by atoms with Crippen molar-refractivity contribution in [3.63, 3.8) is 0 Å². The summed E-state index contributed by atoms with van der Waals surface area (Å²) in [7, 11) is 1.88. The molecule has 2 aliphatic rings. The Labute approximate surface area is 208 Å². The Morgan fingerprint density at radius 2 is 1.91 bits per heavy atom. The van der Waals surface area contributed by atoms with Gasteiger partial charge in [-0.2, -0.15) is 0 Å². The summed E-state index contributed by atoms with van der Waals surface area (Å²) < 4.78 is 10.5. The second-order valence-corrected chi connectivity index (χ2v) is 8.26. The number of nitrogens with zero attached hydrogens (tertiary/aromatic N) is 5. The maximum atomic E-state index is 5.59. The SMILES string of the molecule is CN=C(NCC(c1cccc(C)c1)N1CCOCC1)N1CCN(Cc2ccon2)CC1.I. The molecule has 2 aliphatic heterocycles. The molecule has 1 aromatic heterocycles. The Balaban J connectivity index is 0.00000289. The van der Waals surface area contributed by atoms with Crippen molar-refractivity contribution < 1.29 is 9.26 Å². The van der Waals surface area contributed by atoms with Gasteiger partial charge in [0, 0.05) is 65.5 Å². The highest BCUT2D eigenvalue weighted by atomic mass is 127. The summed E-state index contributed by atoms with van der Waals surface area (Å²) in [4.78, 5) is 11.9. The summed E-state index contributed by atoms with van der Waals surface area (Å²) in [6.07, 6.45) is 1.64. The van der Waals surface area contributed by atoms with Gasteiger partial charge in [0.2, 0.25) is 0 Å². The highest BCUT2D eigenvalue weighted by Gasteiger charge is 2.25. The summed E-state index contributed by atoms with van der Waals surface area (Å²) in [5, 5.41) is 7.69. The number of morpholine rings is 1. The molecule has 2 aromatic rings. The van der Waals surface area contributed by atoms with Gasteiger partial charge < -0.3 is 19.5 Å². The molecule has 176 valence electrons. The van der Waals surface area contributed by atoms with Gasteiger partial charge in [-0.1, -0.05) is 35.0 Å². The van der Waals surface area contributed by atoms with Gasteiger partial charge in [-0.3, -0.25) is 14.8 Å². The quantitative estimate of drug-likeness (QED) is 0.334. The summed E-state index contributed by atoms with van der Waals surface area (Å²) in [6, 6.07) is 11.1. The van der Waals surface area contributed by atoms with Gasteiger partial charge in [-0.15, -0.1) is 24.0 Å². The zero-order valence-electron chi connectivity index (χ0n) is 19.1. The predicted molar refractivity (Wildman–Crippen MR) is 136 cm³/mol. The van der Waals surface area contributed by atoms with E-state index in [-0.39, 0.29) is 24.0 Å². The fourth-order valence-corrected chi connectivity index (χ4v) is 4.41. The minimum atomic E-state index is 0. The number of aliphatic imine (C=N–C) groups is 1. The molecular formula is C23H35IN6O2. The lowest BCUT2D eigenvalue weighted by Gasteiger charge is -2.38. The number of benzene rings is 1. The monoisotopic (exact) mass is 554 g/mol. The third-order valence-corrected chi connectivity index (χ3v) is 6.13. The summed E-state index contributed by atoms with van der Waals surface area (Å²) in [6.45, 7) is 11.2. The first-order valence-electron chi connectivity index (χ1n) is 11.2. The molecule has 8 nitrogen and oxygen atoms in total. The molecule has 1 aromatic carbocycles. The number of nitrogens with one attached hydrogen (secondary N) is 1. The average Bonchev–Trinajstić information content (AvgIpc) is 3.31.